The van der Waals surface area contributed by atoms with E-state index in [0.29, 0.717) is 0 Å². The van der Waals surface area contributed by atoms with E-state index in [9.17, 15) is 4.55 Å². The maximum Gasteiger partial charge on any atom is 0.136 e. The van der Waals surface area contributed by atoms with Gasteiger partial charge in [0.05, 0.1) is 7.11 Å². The summed E-state index contributed by atoms with van der Waals surface area (Å²) in [5, 5.41) is 0. The van der Waals surface area contributed by atoms with Gasteiger partial charge in [-0.25, -0.2) is 0 Å². The van der Waals surface area contributed by atoms with Crippen molar-refractivity contribution in [2.45, 2.75) is 45.4 Å². The molecule has 5 heteroatoms. The molecule has 0 saturated carbocycles. The van der Waals surface area contributed by atoms with Crippen molar-refractivity contribution in [1.29, 1.82) is 0 Å². The summed E-state index contributed by atoms with van der Waals surface area (Å²) < 4.78 is 26.5. The Morgan fingerprint density at radius 1 is 1.17 bits per heavy atom. The van der Waals surface area contributed by atoms with Crippen molar-refractivity contribution in [1.82, 2.24) is 4.72 Å². The Kier molecular flexibility index (Phi) is 5.45. The Balaban J connectivity index is 2.41. The summed E-state index contributed by atoms with van der Waals surface area (Å²) in [5.41, 5.74) is 2.08. The first-order valence-electron chi connectivity index (χ1n) is 7.61. The summed E-state index contributed by atoms with van der Waals surface area (Å²) in [6, 6.07) is 9.45. The second kappa shape index (κ2) is 6.99. The molecule has 0 aliphatic rings. The van der Waals surface area contributed by atoms with Gasteiger partial charge in [0.15, 0.2) is 0 Å². The van der Waals surface area contributed by atoms with Crippen LogP contribution in [0.25, 0.3) is 0 Å². The molecule has 23 heavy (non-hydrogen) atoms. The molecule has 0 aliphatic carbocycles. The van der Waals surface area contributed by atoms with Gasteiger partial charge in [-0.15, -0.1) is 4.72 Å². The van der Waals surface area contributed by atoms with E-state index in [1.807, 2.05) is 65.0 Å². The summed E-state index contributed by atoms with van der Waals surface area (Å²) in [4.78, 5) is 0. The lowest BCUT2D eigenvalue weighted by Crippen LogP contribution is -2.41. The van der Waals surface area contributed by atoms with E-state index in [1.54, 1.807) is 7.11 Å². The summed E-state index contributed by atoms with van der Waals surface area (Å²) >= 11 is -1.22. The number of ether oxygens (including phenoxy) is 1. The number of methoxy groups -OCH3 is 1. The third-order valence-electron chi connectivity index (χ3n) is 3.61. The highest BCUT2D eigenvalue weighted by atomic mass is 32.2. The first-order valence-corrected chi connectivity index (χ1v) is 8.76. The lowest BCUT2D eigenvalue weighted by Gasteiger charge is -2.28. The van der Waals surface area contributed by atoms with Crippen LogP contribution in [0.5, 0.6) is 5.75 Å². The van der Waals surface area contributed by atoms with Crippen molar-refractivity contribution in [3.05, 3.63) is 53.0 Å². The van der Waals surface area contributed by atoms with Gasteiger partial charge in [0, 0.05) is 11.4 Å². The van der Waals surface area contributed by atoms with Gasteiger partial charge in [-0.1, -0.05) is 6.07 Å². The van der Waals surface area contributed by atoms with Gasteiger partial charge >= 0.3 is 0 Å². The van der Waals surface area contributed by atoms with E-state index < -0.39 is 11.4 Å². The monoisotopic (exact) mass is 335 g/mol. The molecule has 0 radical (unpaired) electrons. The van der Waals surface area contributed by atoms with Crippen LogP contribution in [0.15, 0.2) is 34.7 Å². The van der Waals surface area contributed by atoms with Gasteiger partial charge < -0.3 is 13.7 Å². The molecule has 1 N–H and O–H groups in total. The number of hydrogen-bond acceptors (Lipinski definition) is 4. The zero-order valence-corrected chi connectivity index (χ0v) is 15.4. The van der Waals surface area contributed by atoms with E-state index >= 15 is 0 Å². The van der Waals surface area contributed by atoms with Gasteiger partial charge in [-0.2, -0.15) is 0 Å². The molecule has 126 valence electrons. The van der Waals surface area contributed by atoms with Crippen LogP contribution >= 0.6 is 0 Å². The van der Waals surface area contributed by atoms with Crippen LogP contribution in [0.4, 0.5) is 0 Å². The Bertz CT molecular complexity index is 661. The number of furan rings is 1. The minimum Gasteiger partial charge on any atom is -0.598 e. The van der Waals surface area contributed by atoms with Gasteiger partial charge in [-0.3, -0.25) is 0 Å². The topological polar surface area (TPSA) is 57.5 Å². The van der Waals surface area contributed by atoms with E-state index in [4.69, 9.17) is 9.15 Å². The Labute approximate surface area is 141 Å². The highest BCUT2D eigenvalue weighted by Crippen LogP contribution is 2.31. The van der Waals surface area contributed by atoms with Crippen LogP contribution in [0.1, 0.15) is 49.5 Å². The molecule has 0 amide bonds. The molecule has 2 unspecified atom stereocenters. The van der Waals surface area contributed by atoms with Crippen LogP contribution in [0.2, 0.25) is 0 Å². The highest BCUT2D eigenvalue weighted by molar-refractivity contribution is 7.90. The van der Waals surface area contributed by atoms with Crippen molar-refractivity contribution < 1.29 is 13.7 Å². The number of benzene rings is 1. The fourth-order valence-corrected chi connectivity index (χ4v) is 3.08. The zero-order valence-electron chi connectivity index (χ0n) is 14.6. The average molecular weight is 335 g/mol. The minimum atomic E-state index is -1.22. The van der Waals surface area contributed by atoms with Gasteiger partial charge in [0.2, 0.25) is 0 Å². The van der Waals surface area contributed by atoms with Crippen molar-refractivity contribution in [2.75, 3.05) is 7.11 Å². The molecule has 0 saturated heterocycles. The van der Waals surface area contributed by atoms with Crippen molar-refractivity contribution in [3.8, 4) is 5.75 Å². The first-order chi connectivity index (χ1) is 10.7. The second-order valence-corrected chi connectivity index (χ2v) is 8.60. The molecule has 0 aliphatic heterocycles. The lowest BCUT2D eigenvalue weighted by molar-refractivity contribution is 0.413. The number of hydrogen-bond donors (Lipinski definition) is 1. The SMILES string of the molecule is COc1ccc(C(N[S+]([O-])C(C)(C)C)c2ccc(C)o2)c(C)c1. The quantitative estimate of drug-likeness (QED) is 0.838. The van der Waals surface area contributed by atoms with Gasteiger partial charge in [-0.05, 0) is 70.0 Å². The van der Waals surface area contributed by atoms with Gasteiger partial charge in [0.25, 0.3) is 0 Å². The first kappa shape index (κ1) is 17.9. The van der Waals surface area contributed by atoms with Crippen molar-refractivity contribution in [2.24, 2.45) is 0 Å². The number of rotatable bonds is 5. The molecule has 1 heterocycles. The summed E-state index contributed by atoms with van der Waals surface area (Å²) in [7, 11) is 1.65. The van der Waals surface area contributed by atoms with Crippen LogP contribution in [-0.4, -0.2) is 16.4 Å². The fraction of sp³-hybridized carbons (Fsp3) is 0.444. The molecule has 0 fully saturated rings. The number of nitrogens with one attached hydrogen (secondary N) is 1. The predicted molar refractivity (Wildman–Crippen MR) is 94.1 cm³/mol. The van der Waals surface area contributed by atoms with Crippen molar-refractivity contribution in [3.63, 3.8) is 0 Å². The minimum absolute atomic E-state index is 0.269. The maximum absolute atomic E-state index is 12.6. The standard InChI is InChI=1S/C18H25NO3S/c1-12-11-14(21-6)8-9-15(12)17(16-10-7-13(2)22-16)19-23(20)18(3,4)5/h7-11,17,19H,1-6H3. The molecular formula is C18H25NO3S. The fourth-order valence-electron chi connectivity index (χ4n) is 2.27. The summed E-state index contributed by atoms with van der Waals surface area (Å²) in [5.74, 6) is 2.39. The van der Waals surface area contributed by atoms with E-state index in [2.05, 4.69) is 4.72 Å². The zero-order chi connectivity index (χ0) is 17.2. The van der Waals surface area contributed by atoms with Crippen LogP contribution in [0.3, 0.4) is 0 Å². The largest absolute Gasteiger partial charge is 0.598 e. The Hall–Kier alpha value is -1.43. The second-order valence-electron chi connectivity index (χ2n) is 6.60. The molecule has 4 nitrogen and oxygen atoms in total. The molecule has 2 atom stereocenters. The Morgan fingerprint density at radius 3 is 2.35 bits per heavy atom. The molecular weight excluding hydrogens is 310 g/mol. The van der Waals surface area contributed by atoms with Crippen LogP contribution in [0, 0.1) is 13.8 Å². The molecule has 0 bridgehead atoms. The number of aryl methyl sites for hydroxylation is 2. The molecule has 2 rings (SSSR count). The average Bonchev–Trinajstić information content (AvgIpc) is 2.90. The third kappa shape index (κ3) is 4.31. The maximum atomic E-state index is 12.6. The molecule has 0 spiro atoms. The predicted octanol–water partition coefficient (Wildman–Crippen LogP) is 4.05. The van der Waals surface area contributed by atoms with E-state index in [1.165, 1.54) is 0 Å². The third-order valence-corrected chi connectivity index (χ3v) is 5.18. The normalized spacial score (nSPS) is 14.6. The van der Waals surface area contributed by atoms with Crippen LogP contribution in [-0.2, 0) is 11.4 Å². The Morgan fingerprint density at radius 2 is 1.87 bits per heavy atom. The van der Waals surface area contributed by atoms with Gasteiger partial charge in [0.1, 0.15) is 28.1 Å². The molecule has 1 aromatic heterocycles. The smallest absolute Gasteiger partial charge is 0.136 e. The highest BCUT2D eigenvalue weighted by Gasteiger charge is 2.32. The van der Waals surface area contributed by atoms with Crippen molar-refractivity contribution >= 4 is 11.4 Å². The van der Waals surface area contributed by atoms with E-state index in [-0.39, 0.29) is 10.8 Å². The van der Waals surface area contributed by atoms with E-state index in [0.717, 1.165) is 28.4 Å². The molecule has 1 aromatic carbocycles. The summed E-state index contributed by atoms with van der Waals surface area (Å²) in [6.45, 7) is 9.76. The summed E-state index contributed by atoms with van der Waals surface area (Å²) in [6.07, 6.45) is 0. The molecule has 2 aromatic rings. The lowest BCUT2D eigenvalue weighted by atomic mass is 10.00. The van der Waals surface area contributed by atoms with Crippen LogP contribution < -0.4 is 9.46 Å².